The molecule has 428 valence electrons. The Hall–Kier alpha value is -7.72. The van der Waals surface area contributed by atoms with Crippen molar-refractivity contribution in [1.29, 1.82) is 0 Å². The molecule has 0 aliphatic heterocycles. The Bertz CT molecular complexity index is 2400. The zero-order valence-corrected chi connectivity index (χ0v) is 44.1. The maximum atomic E-state index is 14.2. The highest BCUT2D eigenvalue weighted by Gasteiger charge is 2.35. The number of carboxylic acids is 3. The van der Waals surface area contributed by atoms with Crippen molar-refractivity contribution in [1.82, 2.24) is 52.8 Å². The number of nitrogens with one attached hydrogen (secondary N) is 10. The van der Waals surface area contributed by atoms with E-state index in [1.807, 2.05) is 6.92 Å². The van der Waals surface area contributed by atoms with E-state index in [0.717, 1.165) is 0 Å². The van der Waals surface area contributed by atoms with E-state index in [2.05, 4.69) is 52.8 Å². The second-order valence-electron chi connectivity index (χ2n) is 19.0. The minimum atomic E-state index is -1.86. The Kier molecular flexibility index (Phi) is 27.7. The third kappa shape index (κ3) is 22.6. The van der Waals surface area contributed by atoms with Crippen LogP contribution in [0.5, 0.6) is 0 Å². The molecule has 0 aliphatic carbocycles. The number of nitrogens with two attached hydrogens (primary N) is 2. The first-order valence-electron chi connectivity index (χ1n) is 25.2. The van der Waals surface area contributed by atoms with Gasteiger partial charge in [-0.25, -0.2) is 4.79 Å². The van der Waals surface area contributed by atoms with Gasteiger partial charge in [0.1, 0.15) is 48.3 Å². The van der Waals surface area contributed by atoms with Gasteiger partial charge < -0.3 is 84.7 Å². The number of carbonyl (C=O) groups excluding carboxylic acids is 9. The summed E-state index contributed by atoms with van der Waals surface area (Å²) in [6, 6.07) is -5.98. The number of para-hydroxylation sites is 1. The second kappa shape index (κ2) is 32.7. The number of aromatic nitrogens is 1. The van der Waals surface area contributed by atoms with Crippen LogP contribution in [0.3, 0.4) is 0 Å². The molecule has 10 atom stereocenters. The number of aromatic amines is 1. The van der Waals surface area contributed by atoms with E-state index in [-0.39, 0.29) is 37.6 Å². The number of benzene rings is 1. The van der Waals surface area contributed by atoms with E-state index in [4.69, 9.17) is 16.6 Å². The molecule has 0 bridgehead atoms. The number of rotatable bonds is 35. The van der Waals surface area contributed by atoms with Crippen molar-refractivity contribution in [2.45, 2.75) is 154 Å². The van der Waals surface area contributed by atoms with E-state index in [1.165, 1.54) is 13.8 Å². The van der Waals surface area contributed by atoms with Crippen LogP contribution < -0.4 is 59.3 Å². The zero-order valence-electron chi connectivity index (χ0n) is 44.1. The van der Waals surface area contributed by atoms with Crippen molar-refractivity contribution in [2.75, 3.05) is 19.7 Å². The molecule has 28 heteroatoms. The summed E-state index contributed by atoms with van der Waals surface area (Å²) in [6.45, 7) is 8.05. The van der Waals surface area contributed by atoms with Gasteiger partial charge in [0.05, 0.1) is 25.6 Å². The van der Waals surface area contributed by atoms with Crippen LogP contribution in [0.2, 0.25) is 0 Å². The summed E-state index contributed by atoms with van der Waals surface area (Å²) in [5, 5.41) is 60.2. The number of fused-ring (bicyclic) bond motifs is 1. The monoisotopic (exact) mass is 1090 g/mol. The van der Waals surface area contributed by atoms with Crippen molar-refractivity contribution in [3.63, 3.8) is 0 Å². The summed E-state index contributed by atoms with van der Waals surface area (Å²) in [7, 11) is 0. The lowest BCUT2D eigenvalue weighted by Gasteiger charge is -2.27. The molecule has 1 heterocycles. The highest BCUT2D eigenvalue weighted by Crippen LogP contribution is 2.20. The lowest BCUT2D eigenvalue weighted by molar-refractivity contribution is -0.143. The molecule has 77 heavy (non-hydrogen) atoms. The first kappa shape index (κ1) is 65.4. The topological polar surface area (TPSA) is 462 Å². The van der Waals surface area contributed by atoms with Crippen LogP contribution >= 0.6 is 0 Å². The minimum absolute atomic E-state index is 0.0224. The Morgan fingerprint density at radius 1 is 0.597 bits per heavy atom. The molecule has 0 unspecified atom stereocenters. The first-order valence-corrected chi connectivity index (χ1v) is 25.2. The number of H-pyrrole nitrogens is 1. The van der Waals surface area contributed by atoms with Crippen LogP contribution in [0.4, 0.5) is 0 Å². The van der Waals surface area contributed by atoms with Crippen molar-refractivity contribution in [3.8, 4) is 0 Å². The summed E-state index contributed by atoms with van der Waals surface area (Å²) in [5.41, 5.74) is 12.9. The van der Waals surface area contributed by atoms with E-state index in [1.54, 1.807) is 51.2 Å². The summed E-state index contributed by atoms with van der Waals surface area (Å²) in [6.07, 6.45) is 0.621. The number of aliphatic hydroxyl groups excluding tert-OH is 1. The first-order chi connectivity index (χ1) is 36.2. The predicted molar refractivity (Wildman–Crippen MR) is 275 cm³/mol. The van der Waals surface area contributed by atoms with E-state index in [9.17, 15) is 72.9 Å². The van der Waals surface area contributed by atoms with Gasteiger partial charge >= 0.3 is 17.9 Å². The Labute approximate surface area is 444 Å². The van der Waals surface area contributed by atoms with Crippen molar-refractivity contribution in [2.24, 2.45) is 23.3 Å². The summed E-state index contributed by atoms with van der Waals surface area (Å²) < 4.78 is 0. The van der Waals surface area contributed by atoms with Gasteiger partial charge in [0.25, 0.3) is 0 Å². The van der Waals surface area contributed by atoms with E-state index < -0.39 is 158 Å². The molecular formula is C49H76N12O16. The maximum Gasteiger partial charge on any atom is 0.326 e. The number of carboxylic acid groups (broad SMARTS) is 3. The molecular weight excluding hydrogens is 1010 g/mol. The van der Waals surface area contributed by atoms with Crippen LogP contribution in [0.1, 0.15) is 98.5 Å². The van der Waals surface area contributed by atoms with Crippen LogP contribution in [-0.2, 0) is 64.0 Å². The lowest BCUT2D eigenvalue weighted by atomic mass is 9.99. The molecule has 0 fully saturated rings. The molecule has 2 aromatic rings. The molecule has 0 spiro atoms. The zero-order chi connectivity index (χ0) is 58.1. The van der Waals surface area contributed by atoms with Gasteiger partial charge in [-0.15, -0.1) is 0 Å². The number of hydrogen-bond acceptors (Lipinski definition) is 15. The third-order valence-electron chi connectivity index (χ3n) is 12.2. The average Bonchev–Trinajstić information content (AvgIpc) is 3.78. The van der Waals surface area contributed by atoms with Gasteiger partial charge in [-0.2, -0.15) is 0 Å². The lowest BCUT2D eigenvalue weighted by Crippen LogP contribution is -2.60. The third-order valence-corrected chi connectivity index (χ3v) is 12.2. The largest absolute Gasteiger partial charge is 0.481 e. The number of aliphatic hydroxyl groups is 1. The quantitative estimate of drug-likeness (QED) is 0.0301. The molecule has 18 N–H and O–H groups in total. The minimum Gasteiger partial charge on any atom is -0.481 e. The van der Waals surface area contributed by atoms with Crippen LogP contribution in [0, 0.1) is 11.8 Å². The summed E-state index contributed by atoms with van der Waals surface area (Å²) in [4.78, 5) is 158. The molecule has 28 nitrogen and oxygen atoms in total. The molecule has 1 aromatic carbocycles. The standard InChI is InChI=1S/C49H76N12O16/c1-7-25(4)40(51)48(75)61-36(23-62)47(74)57-31(14-10-11-17-50)43(70)59-34(19-28-21-52-30-13-9-8-12-29(28)30)46(73)60-35(20-39(66)67)45(72)54-26(5)41(68)53-22-37(63)56-33(18-24(2)3)44(71)55-27(6)42(69)58-32(49(76)77)15-16-38(64)65/h8-9,12-13,21,24-27,31-36,40,52,62H,7,10-11,14-20,22-23,50-51H2,1-6H3,(H,53,68)(H,54,72)(H,55,71)(H,56,63)(H,57,74)(H,58,69)(H,59,70)(H,60,73)(H,61,75)(H,64,65)(H,66,67)(H,76,77)/t25-,26-,27-,31-,32-,33-,34-,35-,36-,40-/m0/s1. The van der Waals surface area contributed by atoms with E-state index in [0.29, 0.717) is 35.7 Å². The molecule has 9 amide bonds. The Morgan fingerprint density at radius 2 is 1.14 bits per heavy atom. The maximum absolute atomic E-state index is 14.2. The fourth-order valence-electron chi connectivity index (χ4n) is 7.52. The van der Waals surface area contributed by atoms with Gasteiger partial charge in [-0.05, 0) is 76.0 Å². The smallest absolute Gasteiger partial charge is 0.326 e. The highest BCUT2D eigenvalue weighted by molar-refractivity contribution is 5.99. The van der Waals surface area contributed by atoms with Crippen molar-refractivity contribution < 1.29 is 78.0 Å². The molecule has 0 radical (unpaired) electrons. The van der Waals surface area contributed by atoms with E-state index >= 15 is 0 Å². The normalized spacial score (nSPS) is 15.0. The molecule has 0 saturated heterocycles. The predicted octanol–water partition coefficient (Wildman–Crippen LogP) is -3.29. The van der Waals surface area contributed by atoms with Gasteiger partial charge in [0.15, 0.2) is 0 Å². The number of unbranched alkanes of at least 4 members (excludes halogenated alkanes) is 1. The molecule has 2 rings (SSSR count). The van der Waals surface area contributed by atoms with Gasteiger partial charge in [0, 0.05) is 29.9 Å². The average molecular weight is 1090 g/mol. The van der Waals surface area contributed by atoms with Crippen molar-refractivity contribution in [3.05, 3.63) is 36.0 Å². The fraction of sp³-hybridized carbons (Fsp3) is 0.592. The van der Waals surface area contributed by atoms with Gasteiger partial charge in [0.2, 0.25) is 53.2 Å². The molecule has 1 aromatic heterocycles. The fourth-order valence-corrected chi connectivity index (χ4v) is 7.52. The van der Waals surface area contributed by atoms with Crippen LogP contribution in [0.15, 0.2) is 30.5 Å². The summed E-state index contributed by atoms with van der Waals surface area (Å²) >= 11 is 0. The number of carbonyl (C=O) groups is 12. The number of hydrogen-bond donors (Lipinski definition) is 16. The number of aliphatic carboxylic acids is 3. The van der Waals surface area contributed by atoms with Crippen molar-refractivity contribution >= 4 is 82.0 Å². The molecule has 0 saturated carbocycles. The van der Waals surface area contributed by atoms with Gasteiger partial charge in [-0.1, -0.05) is 52.3 Å². The SMILES string of the molecule is CC[C@H](C)[C@H](N)C(=O)N[C@@H](CO)C(=O)N[C@@H](CCCCN)C(=O)N[C@@H](Cc1c[nH]c2ccccc12)C(=O)N[C@@H](CC(=O)O)C(=O)N[C@@H](C)C(=O)NCC(=O)N[C@@H](CC(C)C)C(=O)N[C@@H](C)C(=O)N[C@@H](CCC(=O)O)C(=O)O. The summed E-state index contributed by atoms with van der Waals surface area (Å²) in [5.74, 6) is -13.2. The highest BCUT2D eigenvalue weighted by atomic mass is 16.4. The second-order valence-corrected chi connectivity index (χ2v) is 19.0. The number of amides is 9. The van der Waals surface area contributed by atoms with Crippen LogP contribution in [0.25, 0.3) is 10.9 Å². The molecule has 0 aliphatic rings. The van der Waals surface area contributed by atoms with Gasteiger partial charge in [-0.3, -0.25) is 52.7 Å². The Balaban J connectivity index is 2.27. The van der Waals surface area contributed by atoms with Crippen LogP contribution in [-0.4, -0.2) is 171 Å². The Morgan fingerprint density at radius 3 is 1.73 bits per heavy atom.